The zero-order chi connectivity index (χ0) is 20.9. The molecule has 0 radical (unpaired) electrons. The Morgan fingerprint density at radius 1 is 1.17 bits per heavy atom. The van der Waals surface area contributed by atoms with Crippen molar-refractivity contribution in [3.8, 4) is 5.75 Å². The van der Waals surface area contributed by atoms with Crippen molar-refractivity contribution in [2.75, 3.05) is 30.4 Å². The van der Waals surface area contributed by atoms with Gasteiger partial charge in [0.15, 0.2) is 0 Å². The predicted octanol–water partition coefficient (Wildman–Crippen LogP) is 2.13. The molecule has 0 aromatic heterocycles. The fourth-order valence-electron chi connectivity index (χ4n) is 3.03. The zero-order valence-corrected chi connectivity index (χ0v) is 16.9. The molecule has 2 aromatic carbocycles. The van der Waals surface area contributed by atoms with Crippen molar-refractivity contribution < 1.29 is 22.7 Å². The number of methoxy groups -OCH3 is 1. The van der Waals surface area contributed by atoms with Gasteiger partial charge in [0.1, 0.15) is 5.75 Å². The molecule has 0 unspecified atom stereocenters. The number of amides is 2. The summed E-state index contributed by atoms with van der Waals surface area (Å²) in [5.74, 6) is 0.301. The molecule has 0 spiro atoms. The monoisotopic (exact) mass is 417 g/mol. The second kappa shape index (κ2) is 9.06. The predicted molar refractivity (Wildman–Crippen MR) is 109 cm³/mol. The molecule has 0 aliphatic carbocycles. The normalized spacial score (nSPS) is 14.1. The van der Waals surface area contributed by atoms with Gasteiger partial charge in [0, 0.05) is 37.3 Å². The lowest BCUT2D eigenvalue weighted by atomic mass is 10.2. The zero-order valence-electron chi connectivity index (χ0n) is 16.1. The molecule has 0 saturated carbocycles. The number of rotatable bonds is 8. The first-order chi connectivity index (χ1) is 13.9. The Morgan fingerprint density at radius 2 is 1.93 bits per heavy atom. The Hall–Kier alpha value is -2.91. The van der Waals surface area contributed by atoms with Gasteiger partial charge in [-0.1, -0.05) is 6.07 Å². The number of anilines is 2. The number of nitrogens with one attached hydrogen (secondary N) is 2. The smallest absolute Gasteiger partial charge is 0.240 e. The molecule has 1 aliphatic heterocycles. The molecular formula is C20H23N3O5S. The highest BCUT2D eigenvalue weighted by Crippen LogP contribution is 2.24. The van der Waals surface area contributed by atoms with Gasteiger partial charge in [-0.25, -0.2) is 13.1 Å². The van der Waals surface area contributed by atoms with Crippen LogP contribution in [0.5, 0.6) is 5.75 Å². The molecule has 0 bridgehead atoms. The number of nitrogens with zero attached hydrogens (tertiary/aromatic N) is 1. The lowest BCUT2D eigenvalue weighted by molar-refractivity contribution is -0.117. The summed E-state index contributed by atoms with van der Waals surface area (Å²) in [6.07, 6.45) is 1.33. The van der Waals surface area contributed by atoms with Gasteiger partial charge in [0.25, 0.3) is 0 Å². The van der Waals surface area contributed by atoms with E-state index in [4.69, 9.17) is 4.74 Å². The minimum atomic E-state index is -3.71. The molecule has 154 valence electrons. The van der Waals surface area contributed by atoms with E-state index >= 15 is 0 Å². The molecular weight excluding hydrogens is 394 g/mol. The average Bonchev–Trinajstić information content (AvgIpc) is 3.14. The molecule has 2 amide bonds. The van der Waals surface area contributed by atoms with Crippen molar-refractivity contribution in [1.82, 2.24) is 4.72 Å². The average molecular weight is 417 g/mol. The van der Waals surface area contributed by atoms with Gasteiger partial charge in [-0.3, -0.25) is 9.59 Å². The van der Waals surface area contributed by atoms with E-state index in [1.54, 1.807) is 35.2 Å². The fraction of sp³-hybridized carbons (Fsp3) is 0.300. The molecule has 8 nitrogen and oxygen atoms in total. The highest BCUT2D eigenvalue weighted by Gasteiger charge is 2.22. The van der Waals surface area contributed by atoms with Crippen LogP contribution in [0.4, 0.5) is 11.4 Å². The molecule has 29 heavy (non-hydrogen) atoms. The van der Waals surface area contributed by atoms with E-state index in [0.717, 1.165) is 12.1 Å². The highest BCUT2D eigenvalue weighted by atomic mass is 32.2. The maximum atomic E-state index is 12.3. The maximum absolute atomic E-state index is 12.3. The summed E-state index contributed by atoms with van der Waals surface area (Å²) in [4.78, 5) is 25.8. The first-order valence-corrected chi connectivity index (χ1v) is 10.7. The number of carbonyl (C=O) groups is 2. The number of carbonyl (C=O) groups excluding carboxylic acids is 2. The van der Waals surface area contributed by atoms with Crippen LogP contribution in [0.25, 0.3) is 0 Å². The number of hydrogen-bond acceptors (Lipinski definition) is 5. The quantitative estimate of drug-likeness (QED) is 0.685. The van der Waals surface area contributed by atoms with Crippen LogP contribution in [0, 0.1) is 0 Å². The topological polar surface area (TPSA) is 105 Å². The summed E-state index contributed by atoms with van der Waals surface area (Å²) in [6, 6.07) is 13.0. The first-order valence-electron chi connectivity index (χ1n) is 9.23. The highest BCUT2D eigenvalue weighted by molar-refractivity contribution is 7.89. The van der Waals surface area contributed by atoms with Crippen LogP contribution in [-0.2, 0) is 19.6 Å². The van der Waals surface area contributed by atoms with Gasteiger partial charge in [0.2, 0.25) is 21.8 Å². The third-order valence-corrected chi connectivity index (χ3v) is 6.01. The Kier molecular flexibility index (Phi) is 6.50. The van der Waals surface area contributed by atoms with Crippen molar-refractivity contribution in [1.29, 1.82) is 0 Å². The molecule has 1 fully saturated rings. The molecule has 0 atom stereocenters. The Morgan fingerprint density at radius 3 is 2.59 bits per heavy atom. The van der Waals surface area contributed by atoms with E-state index < -0.39 is 10.0 Å². The Bertz CT molecular complexity index is 989. The number of benzene rings is 2. The number of sulfonamides is 1. The van der Waals surface area contributed by atoms with Crippen LogP contribution in [0.2, 0.25) is 0 Å². The summed E-state index contributed by atoms with van der Waals surface area (Å²) in [5.41, 5.74) is 1.30. The van der Waals surface area contributed by atoms with Gasteiger partial charge in [-0.05, 0) is 48.9 Å². The van der Waals surface area contributed by atoms with Crippen LogP contribution in [0.1, 0.15) is 19.3 Å². The largest absolute Gasteiger partial charge is 0.497 e. The standard InChI is InChI=1S/C20H23N3O5S/c1-28-17-7-9-18(10-8-17)29(26,27)21-12-11-19(24)22-15-4-2-5-16(14-15)23-13-3-6-20(23)25/h2,4-5,7-10,14,21H,3,6,11-13H2,1H3,(H,22,24). The van der Waals surface area contributed by atoms with Crippen molar-refractivity contribution >= 4 is 33.2 Å². The van der Waals surface area contributed by atoms with E-state index in [-0.39, 0.29) is 29.7 Å². The van der Waals surface area contributed by atoms with Gasteiger partial charge in [-0.15, -0.1) is 0 Å². The van der Waals surface area contributed by atoms with E-state index in [1.165, 1.54) is 19.2 Å². The van der Waals surface area contributed by atoms with Crippen LogP contribution >= 0.6 is 0 Å². The third kappa shape index (κ3) is 5.33. The second-order valence-electron chi connectivity index (χ2n) is 6.57. The van der Waals surface area contributed by atoms with Gasteiger partial charge in [-0.2, -0.15) is 0 Å². The lowest BCUT2D eigenvalue weighted by Gasteiger charge is -2.16. The lowest BCUT2D eigenvalue weighted by Crippen LogP contribution is -2.28. The first kappa shape index (κ1) is 20.8. The Balaban J connectivity index is 1.52. The summed E-state index contributed by atoms with van der Waals surface area (Å²) < 4.78 is 32.0. The van der Waals surface area contributed by atoms with E-state index in [2.05, 4.69) is 10.0 Å². The maximum Gasteiger partial charge on any atom is 0.240 e. The Labute approximate surface area is 169 Å². The number of ether oxygens (including phenoxy) is 1. The van der Waals surface area contributed by atoms with Gasteiger partial charge < -0.3 is 15.0 Å². The number of hydrogen-bond donors (Lipinski definition) is 2. The molecule has 9 heteroatoms. The fourth-order valence-corrected chi connectivity index (χ4v) is 4.07. The minimum absolute atomic E-state index is 0.0255. The molecule has 2 aromatic rings. The van der Waals surface area contributed by atoms with Crippen molar-refractivity contribution in [2.24, 2.45) is 0 Å². The molecule has 1 saturated heterocycles. The van der Waals surface area contributed by atoms with Crippen molar-refractivity contribution in [3.05, 3.63) is 48.5 Å². The molecule has 1 aliphatic rings. The second-order valence-corrected chi connectivity index (χ2v) is 8.34. The minimum Gasteiger partial charge on any atom is -0.497 e. The molecule has 2 N–H and O–H groups in total. The van der Waals surface area contributed by atoms with E-state index in [9.17, 15) is 18.0 Å². The van der Waals surface area contributed by atoms with Crippen LogP contribution in [0.3, 0.4) is 0 Å². The summed E-state index contributed by atoms with van der Waals surface area (Å²) in [6.45, 7) is 0.633. The summed E-state index contributed by atoms with van der Waals surface area (Å²) in [7, 11) is -2.21. The van der Waals surface area contributed by atoms with Crippen LogP contribution < -0.4 is 19.7 Å². The SMILES string of the molecule is COc1ccc(S(=O)(=O)NCCC(=O)Nc2cccc(N3CCCC3=O)c2)cc1. The van der Waals surface area contributed by atoms with Crippen LogP contribution in [0.15, 0.2) is 53.4 Å². The molecule has 3 rings (SSSR count). The van der Waals surface area contributed by atoms with Crippen LogP contribution in [-0.4, -0.2) is 40.4 Å². The summed E-state index contributed by atoms with van der Waals surface area (Å²) >= 11 is 0. The van der Waals surface area contributed by atoms with Crippen molar-refractivity contribution in [3.63, 3.8) is 0 Å². The van der Waals surface area contributed by atoms with E-state index in [0.29, 0.717) is 24.4 Å². The van der Waals surface area contributed by atoms with Gasteiger partial charge in [0.05, 0.1) is 12.0 Å². The molecule has 1 heterocycles. The third-order valence-electron chi connectivity index (χ3n) is 4.53. The van der Waals surface area contributed by atoms with Crippen molar-refractivity contribution in [2.45, 2.75) is 24.2 Å². The summed E-state index contributed by atoms with van der Waals surface area (Å²) in [5, 5.41) is 2.73. The van der Waals surface area contributed by atoms with Gasteiger partial charge >= 0.3 is 0 Å². The van der Waals surface area contributed by atoms with E-state index in [1.807, 2.05) is 6.07 Å².